The Balaban J connectivity index is 1.41. The van der Waals surface area contributed by atoms with E-state index in [4.69, 9.17) is 21.1 Å². The van der Waals surface area contributed by atoms with Crippen LogP contribution < -0.4 is 19.3 Å². The Morgan fingerprint density at radius 3 is 2.20 bits per heavy atom. The summed E-state index contributed by atoms with van der Waals surface area (Å²) < 4.78 is 11.5. The number of hydrogen-bond donors (Lipinski definition) is 0. The van der Waals surface area contributed by atoms with Crippen molar-refractivity contribution in [2.24, 2.45) is 0 Å². The van der Waals surface area contributed by atoms with Gasteiger partial charge in [0.05, 0.1) is 18.5 Å². The summed E-state index contributed by atoms with van der Waals surface area (Å²) in [6, 6.07) is 31.5. The smallest absolute Gasteiger partial charge is 0.343 e. The van der Waals surface area contributed by atoms with Crippen LogP contribution in [0.5, 0.6) is 11.5 Å². The highest BCUT2D eigenvalue weighted by Crippen LogP contribution is 2.35. The summed E-state index contributed by atoms with van der Waals surface area (Å²) >= 11 is 5.98. The monoisotopic (exact) mass is 602 g/mol. The van der Waals surface area contributed by atoms with Gasteiger partial charge in [0.2, 0.25) is 0 Å². The Morgan fingerprint density at radius 2 is 1.45 bits per heavy atom. The van der Waals surface area contributed by atoms with Gasteiger partial charge in [-0.15, -0.1) is 0 Å². The first kappa shape index (κ1) is 28.7. The molecule has 44 heavy (non-hydrogen) atoms. The molecular formula is C36H27ClN2O5. The number of barbiturate groups is 1. The van der Waals surface area contributed by atoms with Crippen molar-refractivity contribution in [1.82, 2.24) is 0 Å². The highest BCUT2D eigenvalue weighted by atomic mass is 35.5. The van der Waals surface area contributed by atoms with Crippen LogP contribution in [-0.4, -0.2) is 25.0 Å². The number of methoxy groups -OCH3 is 1. The molecule has 1 fully saturated rings. The van der Waals surface area contributed by atoms with Crippen LogP contribution in [0.3, 0.4) is 0 Å². The molecule has 0 spiro atoms. The van der Waals surface area contributed by atoms with E-state index < -0.39 is 17.8 Å². The third kappa shape index (κ3) is 5.53. The molecule has 0 unspecified atom stereocenters. The zero-order chi connectivity index (χ0) is 30.8. The topological polar surface area (TPSA) is 76.2 Å². The lowest BCUT2D eigenvalue weighted by molar-refractivity contribution is -0.121. The first-order chi connectivity index (χ1) is 21.3. The number of carbonyl (C=O) groups excluding carboxylic acids is 3. The van der Waals surface area contributed by atoms with Crippen molar-refractivity contribution in [3.8, 4) is 11.5 Å². The summed E-state index contributed by atoms with van der Waals surface area (Å²) in [6.45, 7) is 2.20. The maximum atomic E-state index is 14.1. The van der Waals surface area contributed by atoms with Gasteiger partial charge in [-0.1, -0.05) is 83.9 Å². The van der Waals surface area contributed by atoms with Gasteiger partial charge in [-0.05, 0) is 72.0 Å². The molecule has 8 heteroatoms. The van der Waals surface area contributed by atoms with Gasteiger partial charge in [0, 0.05) is 10.4 Å². The van der Waals surface area contributed by atoms with E-state index in [0.29, 0.717) is 45.5 Å². The van der Waals surface area contributed by atoms with E-state index >= 15 is 0 Å². The minimum Gasteiger partial charge on any atom is -0.493 e. The summed E-state index contributed by atoms with van der Waals surface area (Å²) in [5.41, 5.74) is 2.99. The summed E-state index contributed by atoms with van der Waals surface area (Å²) in [4.78, 5) is 44.0. The summed E-state index contributed by atoms with van der Waals surface area (Å²) in [6.07, 6.45) is 1.47. The molecule has 0 saturated carbocycles. The lowest BCUT2D eigenvalue weighted by Gasteiger charge is -2.34. The fourth-order valence-corrected chi connectivity index (χ4v) is 5.19. The first-order valence-corrected chi connectivity index (χ1v) is 14.3. The highest BCUT2D eigenvalue weighted by molar-refractivity contribution is 6.46. The summed E-state index contributed by atoms with van der Waals surface area (Å²) in [5.74, 6) is -0.537. The molecule has 0 bridgehead atoms. The fraction of sp³-hybridized carbons (Fsp3) is 0.0833. The molecule has 0 radical (unpaired) electrons. The van der Waals surface area contributed by atoms with Crippen molar-refractivity contribution in [1.29, 1.82) is 0 Å². The lowest BCUT2D eigenvalue weighted by Crippen LogP contribution is -2.57. The number of rotatable bonds is 7. The molecule has 1 aliphatic heterocycles. The molecule has 5 aromatic carbocycles. The molecule has 7 nitrogen and oxygen atoms in total. The molecule has 0 atom stereocenters. The molecule has 218 valence electrons. The third-order valence-electron chi connectivity index (χ3n) is 7.36. The minimum atomic E-state index is -0.749. The number of nitrogens with zero attached hydrogens (tertiary/aromatic N) is 2. The second kappa shape index (κ2) is 12.1. The molecule has 0 N–H and O–H groups in total. The second-order valence-electron chi connectivity index (χ2n) is 10.3. The number of benzene rings is 5. The lowest BCUT2D eigenvalue weighted by atomic mass is 10.0. The number of hydrogen-bond acceptors (Lipinski definition) is 5. The van der Waals surface area contributed by atoms with E-state index in [1.54, 1.807) is 54.6 Å². The van der Waals surface area contributed by atoms with Crippen molar-refractivity contribution >= 4 is 57.7 Å². The number of urea groups is 1. The Labute approximate surface area is 259 Å². The van der Waals surface area contributed by atoms with Crippen LogP contribution in [0.2, 0.25) is 5.02 Å². The minimum absolute atomic E-state index is 0.171. The van der Waals surface area contributed by atoms with Gasteiger partial charge >= 0.3 is 6.03 Å². The van der Waals surface area contributed by atoms with Crippen LogP contribution in [0, 0.1) is 6.92 Å². The molecular weight excluding hydrogens is 576 g/mol. The van der Waals surface area contributed by atoms with E-state index in [1.165, 1.54) is 13.2 Å². The molecule has 1 heterocycles. The quantitative estimate of drug-likeness (QED) is 0.139. The van der Waals surface area contributed by atoms with Gasteiger partial charge in [0.1, 0.15) is 12.2 Å². The zero-order valence-electron chi connectivity index (χ0n) is 24.0. The predicted molar refractivity (Wildman–Crippen MR) is 172 cm³/mol. The Kier molecular flexibility index (Phi) is 7.87. The van der Waals surface area contributed by atoms with E-state index in [-0.39, 0.29) is 5.57 Å². The maximum absolute atomic E-state index is 14.1. The van der Waals surface area contributed by atoms with E-state index in [2.05, 4.69) is 0 Å². The molecule has 5 aromatic rings. The molecule has 1 saturated heterocycles. The standard InChI is InChI=1S/C36H27ClN2O5/c1-23-10-17-28(18-11-23)38-34(40)30(35(41)39(36(38)42)31-9-5-7-26-6-3-4-8-29(26)31)20-25-14-19-32(33(21-25)43-2)44-22-24-12-15-27(37)16-13-24/h3-21H,22H2,1-2H3/b30-20+. The van der Waals surface area contributed by atoms with Crippen molar-refractivity contribution in [2.45, 2.75) is 13.5 Å². The molecule has 0 aliphatic carbocycles. The zero-order valence-corrected chi connectivity index (χ0v) is 24.7. The van der Waals surface area contributed by atoms with Crippen LogP contribution in [0.1, 0.15) is 16.7 Å². The Hall–Kier alpha value is -5.40. The fourth-order valence-electron chi connectivity index (χ4n) is 5.07. The predicted octanol–water partition coefficient (Wildman–Crippen LogP) is 7.97. The van der Waals surface area contributed by atoms with Crippen molar-refractivity contribution < 1.29 is 23.9 Å². The number of amides is 4. The number of aryl methyl sites for hydroxylation is 1. The highest BCUT2D eigenvalue weighted by Gasteiger charge is 2.44. The first-order valence-electron chi connectivity index (χ1n) is 13.9. The maximum Gasteiger partial charge on any atom is 0.343 e. The summed E-state index contributed by atoms with van der Waals surface area (Å²) in [7, 11) is 1.51. The van der Waals surface area contributed by atoms with Crippen molar-refractivity contribution in [3.63, 3.8) is 0 Å². The number of halogens is 1. The van der Waals surface area contributed by atoms with Crippen LogP contribution in [0.15, 0.2) is 115 Å². The van der Waals surface area contributed by atoms with E-state index in [1.807, 2.05) is 61.5 Å². The number of imide groups is 2. The largest absolute Gasteiger partial charge is 0.493 e. The average Bonchev–Trinajstić information content (AvgIpc) is 3.04. The second-order valence-corrected chi connectivity index (χ2v) is 10.7. The van der Waals surface area contributed by atoms with Crippen molar-refractivity contribution in [2.75, 3.05) is 16.9 Å². The van der Waals surface area contributed by atoms with Crippen molar-refractivity contribution in [3.05, 3.63) is 136 Å². The number of ether oxygens (including phenoxy) is 2. The van der Waals surface area contributed by atoms with Gasteiger partial charge in [0.25, 0.3) is 11.8 Å². The van der Waals surface area contributed by atoms with Gasteiger partial charge in [-0.25, -0.2) is 14.6 Å². The van der Waals surface area contributed by atoms with E-state index in [0.717, 1.165) is 26.3 Å². The van der Waals surface area contributed by atoms with Gasteiger partial charge < -0.3 is 9.47 Å². The number of carbonyl (C=O) groups is 3. The number of fused-ring (bicyclic) bond motifs is 1. The average molecular weight is 603 g/mol. The third-order valence-corrected chi connectivity index (χ3v) is 7.61. The van der Waals surface area contributed by atoms with Crippen LogP contribution >= 0.6 is 11.6 Å². The Morgan fingerprint density at radius 1 is 0.750 bits per heavy atom. The van der Waals surface area contributed by atoms with Gasteiger partial charge in [-0.2, -0.15) is 0 Å². The number of anilines is 2. The summed E-state index contributed by atoms with van der Waals surface area (Å²) in [5, 5.41) is 2.20. The van der Waals surface area contributed by atoms with Crippen LogP contribution in [0.25, 0.3) is 16.8 Å². The van der Waals surface area contributed by atoms with E-state index in [9.17, 15) is 14.4 Å². The SMILES string of the molecule is COc1cc(/C=C2\C(=O)N(c3ccc(C)cc3)C(=O)N(c3cccc4ccccc34)C2=O)ccc1OCc1ccc(Cl)cc1. The molecule has 6 rings (SSSR count). The normalized spacial score (nSPS) is 14.4. The Bertz CT molecular complexity index is 1930. The molecule has 4 amide bonds. The molecule has 0 aromatic heterocycles. The van der Waals surface area contributed by atoms with Crippen LogP contribution in [-0.2, 0) is 16.2 Å². The molecule has 1 aliphatic rings. The van der Waals surface area contributed by atoms with Gasteiger partial charge in [0.15, 0.2) is 11.5 Å². The van der Waals surface area contributed by atoms with Gasteiger partial charge in [-0.3, -0.25) is 9.59 Å². The van der Waals surface area contributed by atoms with Crippen LogP contribution in [0.4, 0.5) is 16.2 Å².